The lowest BCUT2D eigenvalue weighted by atomic mass is 9.63. The molecule has 1 saturated heterocycles. The maximum atomic E-state index is 11.6. The molecule has 1 heterocycles. The third kappa shape index (κ3) is 1.96. The predicted octanol–water partition coefficient (Wildman–Crippen LogP) is 0.610. The monoisotopic (exact) mass is 226 g/mol. The fourth-order valence-electron chi connectivity index (χ4n) is 3.04. The van der Waals surface area contributed by atoms with Crippen LogP contribution < -0.4 is 5.73 Å². The first-order chi connectivity index (χ1) is 7.72. The van der Waals surface area contributed by atoms with Crippen LogP contribution in [0.25, 0.3) is 0 Å². The first-order valence-corrected chi connectivity index (χ1v) is 6.27. The molecule has 1 aliphatic heterocycles. The molecule has 92 valence electrons. The van der Waals surface area contributed by atoms with Crippen LogP contribution in [-0.2, 0) is 9.53 Å². The van der Waals surface area contributed by atoms with Gasteiger partial charge in [-0.1, -0.05) is 6.42 Å². The normalized spacial score (nSPS) is 27.1. The third-order valence-corrected chi connectivity index (χ3v) is 4.21. The van der Waals surface area contributed by atoms with Gasteiger partial charge in [0.2, 0.25) is 5.91 Å². The van der Waals surface area contributed by atoms with Crippen LogP contribution >= 0.6 is 0 Å². The number of hydrogen-bond donors (Lipinski definition) is 1. The Hall–Kier alpha value is -0.610. The summed E-state index contributed by atoms with van der Waals surface area (Å²) in [5.41, 5.74) is 5.78. The highest BCUT2D eigenvalue weighted by atomic mass is 16.5. The average Bonchev–Trinajstić information content (AvgIpc) is 2.64. The summed E-state index contributed by atoms with van der Waals surface area (Å²) in [5.74, 6) is 0.613. The van der Waals surface area contributed by atoms with Gasteiger partial charge in [0.15, 0.2) is 0 Å². The van der Waals surface area contributed by atoms with E-state index in [1.165, 1.54) is 19.3 Å². The zero-order valence-corrected chi connectivity index (χ0v) is 10.1. The first kappa shape index (κ1) is 11.9. The van der Waals surface area contributed by atoms with E-state index in [1.54, 1.807) is 0 Å². The van der Waals surface area contributed by atoms with Crippen molar-refractivity contribution in [3.05, 3.63) is 0 Å². The molecule has 16 heavy (non-hydrogen) atoms. The van der Waals surface area contributed by atoms with Gasteiger partial charge in [-0.2, -0.15) is 0 Å². The number of likely N-dealkylation sites (tertiary alicyclic amines) is 1. The SMILES string of the molecule is CCOCC1CN(C(=O)CN)CC12CCC2. The zero-order chi connectivity index (χ0) is 11.6. The molecule has 0 aromatic rings. The number of nitrogens with two attached hydrogens (primary N) is 1. The van der Waals surface area contributed by atoms with Crippen molar-refractivity contribution < 1.29 is 9.53 Å². The zero-order valence-electron chi connectivity index (χ0n) is 10.1. The van der Waals surface area contributed by atoms with Gasteiger partial charge in [-0.25, -0.2) is 0 Å². The van der Waals surface area contributed by atoms with Crippen LogP contribution in [0.15, 0.2) is 0 Å². The van der Waals surface area contributed by atoms with Crippen LogP contribution in [0.3, 0.4) is 0 Å². The summed E-state index contributed by atoms with van der Waals surface area (Å²) >= 11 is 0. The maximum Gasteiger partial charge on any atom is 0.236 e. The van der Waals surface area contributed by atoms with Gasteiger partial charge in [-0.15, -0.1) is 0 Å². The van der Waals surface area contributed by atoms with Crippen molar-refractivity contribution >= 4 is 5.91 Å². The molecule has 0 aromatic carbocycles. The number of carbonyl (C=O) groups excluding carboxylic acids is 1. The molecule has 1 aliphatic carbocycles. The molecule has 1 unspecified atom stereocenters. The molecule has 0 radical (unpaired) electrons. The van der Waals surface area contributed by atoms with Crippen LogP contribution in [0.2, 0.25) is 0 Å². The summed E-state index contributed by atoms with van der Waals surface area (Å²) in [5, 5.41) is 0. The molecule has 2 rings (SSSR count). The molecular formula is C12H22N2O2. The van der Waals surface area contributed by atoms with E-state index in [9.17, 15) is 4.79 Å². The summed E-state index contributed by atoms with van der Waals surface area (Å²) < 4.78 is 5.54. The number of ether oxygens (including phenoxy) is 1. The lowest BCUT2D eigenvalue weighted by Crippen LogP contribution is -2.40. The maximum absolute atomic E-state index is 11.6. The second kappa shape index (κ2) is 4.72. The molecule has 4 heteroatoms. The van der Waals surface area contributed by atoms with E-state index < -0.39 is 0 Å². The quantitative estimate of drug-likeness (QED) is 0.764. The van der Waals surface area contributed by atoms with E-state index in [4.69, 9.17) is 10.5 Å². The minimum atomic E-state index is 0.0882. The van der Waals surface area contributed by atoms with E-state index in [0.29, 0.717) is 11.3 Å². The van der Waals surface area contributed by atoms with Crippen molar-refractivity contribution in [1.29, 1.82) is 0 Å². The Morgan fingerprint density at radius 1 is 1.56 bits per heavy atom. The highest BCUT2D eigenvalue weighted by molar-refractivity contribution is 5.78. The molecule has 4 nitrogen and oxygen atoms in total. The van der Waals surface area contributed by atoms with Gasteiger partial charge in [0, 0.05) is 25.6 Å². The van der Waals surface area contributed by atoms with Crippen molar-refractivity contribution in [2.24, 2.45) is 17.1 Å². The van der Waals surface area contributed by atoms with Crippen molar-refractivity contribution in [3.8, 4) is 0 Å². The van der Waals surface area contributed by atoms with Crippen LogP contribution in [-0.4, -0.2) is 43.7 Å². The topological polar surface area (TPSA) is 55.6 Å². The molecule has 1 saturated carbocycles. The van der Waals surface area contributed by atoms with Crippen molar-refractivity contribution in [2.75, 3.05) is 32.8 Å². The fourth-order valence-corrected chi connectivity index (χ4v) is 3.04. The Bertz CT molecular complexity index is 264. The first-order valence-electron chi connectivity index (χ1n) is 6.27. The number of hydrogen-bond acceptors (Lipinski definition) is 3. The molecule has 1 atom stereocenters. The Kier molecular flexibility index (Phi) is 3.50. The van der Waals surface area contributed by atoms with Gasteiger partial charge in [0.25, 0.3) is 0 Å². The Morgan fingerprint density at radius 2 is 2.31 bits per heavy atom. The van der Waals surface area contributed by atoms with E-state index in [1.807, 2.05) is 11.8 Å². The smallest absolute Gasteiger partial charge is 0.236 e. The molecule has 1 amide bonds. The minimum absolute atomic E-state index is 0.0882. The average molecular weight is 226 g/mol. The van der Waals surface area contributed by atoms with Gasteiger partial charge in [0.1, 0.15) is 0 Å². The van der Waals surface area contributed by atoms with Gasteiger partial charge < -0.3 is 15.4 Å². The second-order valence-corrected chi connectivity index (χ2v) is 5.05. The molecule has 0 aromatic heterocycles. The molecule has 1 spiro atoms. The Balaban J connectivity index is 1.98. The summed E-state index contributed by atoms with van der Waals surface area (Å²) in [6.45, 7) is 5.46. The molecule has 2 fully saturated rings. The van der Waals surface area contributed by atoms with E-state index in [0.717, 1.165) is 26.3 Å². The number of carbonyl (C=O) groups is 1. The second-order valence-electron chi connectivity index (χ2n) is 5.05. The van der Waals surface area contributed by atoms with Crippen molar-refractivity contribution in [3.63, 3.8) is 0 Å². The summed E-state index contributed by atoms with van der Waals surface area (Å²) in [6.07, 6.45) is 3.80. The number of rotatable bonds is 4. The standard InChI is InChI=1S/C12H22N2O2/c1-2-16-8-10-7-14(11(15)6-13)9-12(10)4-3-5-12/h10H,2-9,13H2,1H3. The van der Waals surface area contributed by atoms with Crippen LogP contribution in [0, 0.1) is 11.3 Å². The largest absolute Gasteiger partial charge is 0.381 e. The third-order valence-electron chi connectivity index (χ3n) is 4.21. The van der Waals surface area contributed by atoms with Crippen LogP contribution in [0.4, 0.5) is 0 Å². The Labute approximate surface area is 97.1 Å². The van der Waals surface area contributed by atoms with E-state index >= 15 is 0 Å². The van der Waals surface area contributed by atoms with Crippen LogP contribution in [0.5, 0.6) is 0 Å². The van der Waals surface area contributed by atoms with E-state index in [-0.39, 0.29) is 12.5 Å². The molecular weight excluding hydrogens is 204 g/mol. The highest BCUT2D eigenvalue weighted by Crippen LogP contribution is 2.51. The fraction of sp³-hybridized carbons (Fsp3) is 0.917. The predicted molar refractivity (Wildman–Crippen MR) is 61.9 cm³/mol. The summed E-state index contributed by atoms with van der Waals surface area (Å²) in [7, 11) is 0. The van der Waals surface area contributed by atoms with Gasteiger partial charge >= 0.3 is 0 Å². The summed E-state index contributed by atoms with van der Waals surface area (Å²) in [4.78, 5) is 13.6. The lowest BCUT2D eigenvalue weighted by molar-refractivity contribution is -0.129. The van der Waals surface area contributed by atoms with E-state index in [2.05, 4.69) is 0 Å². The molecule has 2 N–H and O–H groups in total. The molecule has 0 bridgehead atoms. The van der Waals surface area contributed by atoms with Crippen LogP contribution in [0.1, 0.15) is 26.2 Å². The van der Waals surface area contributed by atoms with Crippen molar-refractivity contribution in [2.45, 2.75) is 26.2 Å². The van der Waals surface area contributed by atoms with Crippen molar-refractivity contribution in [1.82, 2.24) is 4.90 Å². The lowest BCUT2D eigenvalue weighted by Gasteiger charge is -2.42. The number of nitrogens with zero attached hydrogens (tertiary/aromatic N) is 1. The van der Waals surface area contributed by atoms with Gasteiger partial charge in [0.05, 0.1) is 13.2 Å². The highest BCUT2D eigenvalue weighted by Gasteiger charge is 2.50. The van der Waals surface area contributed by atoms with Gasteiger partial charge in [-0.05, 0) is 25.2 Å². The Morgan fingerprint density at radius 3 is 2.81 bits per heavy atom. The van der Waals surface area contributed by atoms with Gasteiger partial charge in [-0.3, -0.25) is 4.79 Å². The molecule has 2 aliphatic rings. The minimum Gasteiger partial charge on any atom is -0.381 e. The summed E-state index contributed by atoms with van der Waals surface area (Å²) in [6, 6.07) is 0. The number of amides is 1.